The molecule has 0 atom stereocenters. The minimum absolute atomic E-state index is 0.346. The van der Waals surface area contributed by atoms with Gasteiger partial charge in [0.2, 0.25) is 0 Å². The van der Waals surface area contributed by atoms with Crippen LogP contribution in [-0.2, 0) is 13.1 Å². The Bertz CT molecular complexity index is 531. The highest BCUT2D eigenvalue weighted by molar-refractivity contribution is 5.27. The molecule has 3 rings (SSSR count). The zero-order valence-corrected chi connectivity index (χ0v) is 11.5. The van der Waals surface area contributed by atoms with E-state index in [0.717, 1.165) is 45.0 Å². The van der Waals surface area contributed by atoms with Crippen molar-refractivity contribution in [3.63, 3.8) is 0 Å². The van der Waals surface area contributed by atoms with Crippen LogP contribution >= 0.6 is 0 Å². The van der Waals surface area contributed by atoms with E-state index >= 15 is 0 Å². The van der Waals surface area contributed by atoms with E-state index in [1.807, 2.05) is 24.3 Å². The Balaban J connectivity index is 1.48. The lowest BCUT2D eigenvalue weighted by molar-refractivity contribution is 0.116. The van der Waals surface area contributed by atoms with E-state index in [0.29, 0.717) is 5.75 Å². The summed E-state index contributed by atoms with van der Waals surface area (Å²) in [7, 11) is 0. The van der Waals surface area contributed by atoms with Gasteiger partial charge in [-0.15, -0.1) is 0 Å². The minimum atomic E-state index is 0.346. The number of phenolic OH excluding ortho intramolecular Hbond substituents is 1. The molecule has 2 aromatic rings. The first-order valence-corrected chi connectivity index (χ1v) is 7.04. The predicted octanol–water partition coefficient (Wildman–Crippen LogP) is 2.30. The molecule has 4 nitrogen and oxygen atoms in total. The monoisotopic (exact) mass is 272 g/mol. The molecule has 1 aliphatic heterocycles. The second kappa shape index (κ2) is 6.11. The van der Waals surface area contributed by atoms with Crippen LogP contribution < -0.4 is 0 Å². The fraction of sp³-hybridized carbons (Fsp3) is 0.375. The summed E-state index contributed by atoms with van der Waals surface area (Å²) in [6.07, 6.45) is 1.73. The highest BCUT2D eigenvalue weighted by Crippen LogP contribution is 2.15. The Labute approximate surface area is 119 Å². The normalized spacial score (nSPS) is 17.4. The molecule has 1 N–H and O–H groups in total. The molecule has 1 aromatic heterocycles. The third-order valence-corrected chi connectivity index (χ3v) is 3.74. The number of benzene rings is 1. The zero-order chi connectivity index (χ0) is 13.8. The first-order chi connectivity index (χ1) is 9.79. The number of hydrogen-bond acceptors (Lipinski definition) is 4. The van der Waals surface area contributed by atoms with Crippen molar-refractivity contribution in [1.82, 2.24) is 9.80 Å². The number of phenols is 1. The lowest BCUT2D eigenvalue weighted by Crippen LogP contribution is -2.45. The Morgan fingerprint density at radius 2 is 1.70 bits per heavy atom. The summed E-state index contributed by atoms with van der Waals surface area (Å²) in [4.78, 5) is 4.84. The van der Waals surface area contributed by atoms with Gasteiger partial charge in [-0.05, 0) is 29.8 Å². The smallest absolute Gasteiger partial charge is 0.117 e. The van der Waals surface area contributed by atoms with Crippen LogP contribution in [0.2, 0.25) is 0 Å². The Morgan fingerprint density at radius 1 is 0.950 bits per heavy atom. The number of hydrogen-bond donors (Lipinski definition) is 1. The Kier molecular flexibility index (Phi) is 4.04. The number of piperazine rings is 1. The van der Waals surface area contributed by atoms with Crippen LogP contribution in [0.5, 0.6) is 5.75 Å². The summed E-state index contributed by atoms with van der Waals surface area (Å²) in [5, 5.41) is 9.49. The summed E-state index contributed by atoms with van der Waals surface area (Å²) in [5.74, 6) is 1.38. The van der Waals surface area contributed by atoms with Crippen molar-refractivity contribution in [2.24, 2.45) is 0 Å². The van der Waals surface area contributed by atoms with Crippen LogP contribution in [0, 0.1) is 0 Å². The van der Waals surface area contributed by atoms with E-state index in [4.69, 9.17) is 4.42 Å². The fourth-order valence-electron chi connectivity index (χ4n) is 2.64. The zero-order valence-electron chi connectivity index (χ0n) is 11.5. The third kappa shape index (κ3) is 3.40. The van der Waals surface area contributed by atoms with Crippen molar-refractivity contribution in [3.8, 4) is 5.75 Å². The maximum absolute atomic E-state index is 9.49. The molecule has 1 saturated heterocycles. The first kappa shape index (κ1) is 13.2. The Hall–Kier alpha value is -1.78. The molecule has 0 amide bonds. The van der Waals surface area contributed by atoms with Crippen LogP contribution in [0.15, 0.2) is 47.1 Å². The Morgan fingerprint density at radius 3 is 2.35 bits per heavy atom. The number of rotatable bonds is 4. The van der Waals surface area contributed by atoms with Crippen molar-refractivity contribution in [1.29, 1.82) is 0 Å². The molecule has 2 heterocycles. The lowest BCUT2D eigenvalue weighted by atomic mass is 10.2. The predicted molar refractivity (Wildman–Crippen MR) is 77.4 cm³/mol. The van der Waals surface area contributed by atoms with Gasteiger partial charge in [0.15, 0.2) is 0 Å². The van der Waals surface area contributed by atoms with Gasteiger partial charge < -0.3 is 9.52 Å². The molecular weight excluding hydrogens is 252 g/mol. The van der Waals surface area contributed by atoms with Crippen molar-refractivity contribution < 1.29 is 9.52 Å². The van der Waals surface area contributed by atoms with Crippen LogP contribution in [-0.4, -0.2) is 41.1 Å². The van der Waals surface area contributed by atoms with Gasteiger partial charge in [0.1, 0.15) is 11.5 Å². The maximum atomic E-state index is 9.49. The third-order valence-electron chi connectivity index (χ3n) is 3.74. The molecule has 4 heteroatoms. The second-order valence-electron chi connectivity index (χ2n) is 5.30. The standard InChI is InChI=1S/C16H20N2O2/c19-15-4-1-3-14(11-15)12-17-6-8-18(9-7-17)13-16-5-2-10-20-16/h1-5,10-11,19H,6-9,12-13H2. The summed E-state index contributed by atoms with van der Waals surface area (Å²) >= 11 is 0. The van der Waals surface area contributed by atoms with E-state index in [9.17, 15) is 5.11 Å². The van der Waals surface area contributed by atoms with E-state index in [1.165, 1.54) is 5.56 Å². The second-order valence-corrected chi connectivity index (χ2v) is 5.30. The number of aromatic hydroxyl groups is 1. The molecule has 0 radical (unpaired) electrons. The quantitative estimate of drug-likeness (QED) is 0.927. The van der Waals surface area contributed by atoms with Gasteiger partial charge in [-0.25, -0.2) is 0 Å². The summed E-state index contributed by atoms with van der Waals surface area (Å²) in [5.41, 5.74) is 1.17. The maximum Gasteiger partial charge on any atom is 0.117 e. The topological polar surface area (TPSA) is 39.9 Å². The first-order valence-electron chi connectivity index (χ1n) is 7.04. The minimum Gasteiger partial charge on any atom is -0.508 e. The van der Waals surface area contributed by atoms with Crippen LogP contribution in [0.4, 0.5) is 0 Å². The van der Waals surface area contributed by atoms with Gasteiger partial charge in [-0.3, -0.25) is 9.80 Å². The van der Waals surface area contributed by atoms with Gasteiger partial charge in [0, 0.05) is 32.7 Å². The van der Waals surface area contributed by atoms with Gasteiger partial charge >= 0.3 is 0 Å². The summed E-state index contributed by atoms with van der Waals surface area (Å²) < 4.78 is 5.39. The fourth-order valence-corrected chi connectivity index (χ4v) is 2.64. The molecule has 0 unspecified atom stereocenters. The lowest BCUT2D eigenvalue weighted by Gasteiger charge is -2.34. The van der Waals surface area contributed by atoms with Gasteiger partial charge in [-0.2, -0.15) is 0 Å². The number of furan rings is 1. The molecule has 20 heavy (non-hydrogen) atoms. The largest absolute Gasteiger partial charge is 0.508 e. The van der Waals surface area contributed by atoms with Crippen molar-refractivity contribution in [3.05, 3.63) is 54.0 Å². The van der Waals surface area contributed by atoms with E-state index < -0.39 is 0 Å². The molecule has 1 aliphatic rings. The van der Waals surface area contributed by atoms with Crippen molar-refractivity contribution in [2.45, 2.75) is 13.1 Å². The average Bonchev–Trinajstić information content (AvgIpc) is 2.94. The van der Waals surface area contributed by atoms with Crippen LogP contribution in [0.3, 0.4) is 0 Å². The van der Waals surface area contributed by atoms with Crippen LogP contribution in [0.25, 0.3) is 0 Å². The van der Waals surface area contributed by atoms with Crippen molar-refractivity contribution in [2.75, 3.05) is 26.2 Å². The van der Waals surface area contributed by atoms with Gasteiger partial charge in [-0.1, -0.05) is 12.1 Å². The average molecular weight is 272 g/mol. The molecule has 0 bridgehead atoms. The molecular formula is C16H20N2O2. The van der Waals surface area contributed by atoms with Gasteiger partial charge in [0.05, 0.1) is 12.8 Å². The molecule has 1 aromatic carbocycles. The molecule has 0 aliphatic carbocycles. The van der Waals surface area contributed by atoms with E-state index in [1.54, 1.807) is 12.3 Å². The molecule has 0 saturated carbocycles. The van der Waals surface area contributed by atoms with E-state index in [2.05, 4.69) is 15.9 Å². The highest BCUT2D eigenvalue weighted by Gasteiger charge is 2.17. The highest BCUT2D eigenvalue weighted by atomic mass is 16.3. The summed E-state index contributed by atoms with van der Waals surface area (Å²) in [6.45, 7) is 6.02. The molecule has 0 spiro atoms. The number of nitrogens with zero attached hydrogens (tertiary/aromatic N) is 2. The van der Waals surface area contributed by atoms with Gasteiger partial charge in [0.25, 0.3) is 0 Å². The van der Waals surface area contributed by atoms with E-state index in [-0.39, 0.29) is 0 Å². The summed E-state index contributed by atoms with van der Waals surface area (Å²) in [6, 6.07) is 11.5. The molecule has 106 valence electrons. The van der Waals surface area contributed by atoms with Crippen LogP contribution in [0.1, 0.15) is 11.3 Å². The molecule has 1 fully saturated rings. The van der Waals surface area contributed by atoms with Crippen molar-refractivity contribution >= 4 is 0 Å². The SMILES string of the molecule is Oc1cccc(CN2CCN(Cc3ccco3)CC2)c1.